The number of oxime groups is 1. The van der Waals surface area contributed by atoms with Gasteiger partial charge in [0, 0.05) is 12.1 Å². The van der Waals surface area contributed by atoms with E-state index in [0.29, 0.717) is 24.2 Å². The maximum atomic E-state index is 12.5. The summed E-state index contributed by atoms with van der Waals surface area (Å²) in [6.45, 7) is 0.583. The predicted octanol–water partition coefficient (Wildman–Crippen LogP) is 2.90. The molecule has 0 unspecified atom stereocenters. The number of amides is 1. The van der Waals surface area contributed by atoms with Crippen molar-refractivity contribution in [2.24, 2.45) is 5.16 Å². The van der Waals surface area contributed by atoms with Crippen LogP contribution >= 0.6 is 0 Å². The summed E-state index contributed by atoms with van der Waals surface area (Å²) < 4.78 is 4.98. The number of benzene rings is 1. The van der Waals surface area contributed by atoms with E-state index in [1.807, 2.05) is 24.3 Å². The van der Waals surface area contributed by atoms with Gasteiger partial charge < -0.3 is 14.5 Å². The van der Waals surface area contributed by atoms with Gasteiger partial charge in [-0.1, -0.05) is 23.4 Å². The van der Waals surface area contributed by atoms with E-state index >= 15 is 0 Å². The molecule has 102 valence electrons. The molecule has 20 heavy (non-hydrogen) atoms. The lowest BCUT2D eigenvalue weighted by Crippen LogP contribution is -2.31. The van der Waals surface area contributed by atoms with Gasteiger partial charge in [0.1, 0.15) is 6.26 Å². The molecule has 1 N–H and O–H groups in total. The van der Waals surface area contributed by atoms with Gasteiger partial charge in [0.05, 0.1) is 23.2 Å². The molecular weight excluding hydrogens is 256 g/mol. The molecule has 5 heteroatoms. The first kappa shape index (κ1) is 12.5. The molecule has 0 bridgehead atoms. The summed E-state index contributed by atoms with van der Waals surface area (Å²) >= 11 is 0. The second-order valence-electron chi connectivity index (χ2n) is 4.64. The van der Waals surface area contributed by atoms with Crippen molar-refractivity contribution in [3.05, 3.63) is 54.0 Å². The Morgan fingerprint density at radius 1 is 1.30 bits per heavy atom. The maximum absolute atomic E-state index is 12.5. The van der Waals surface area contributed by atoms with Gasteiger partial charge in [-0.3, -0.25) is 4.79 Å². The highest BCUT2D eigenvalue weighted by Crippen LogP contribution is 2.28. The van der Waals surface area contributed by atoms with Crippen molar-refractivity contribution in [2.75, 3.05) is 11.4 Å². The minimum atomic E-state index is -0.106. The van der Waals surface area contributed by atoms with E-state index in [2.05, 4.69) is 5.16 Å². The van der Waals surface area contributed by atoms with Crippen LogP contribution in [0.4, 0.5) is 5.69 Å². The van der Waals surface area contributed by atoms with Crippen LogP contribution in [0.1, 0.15) is 28.8 Å². The SMILES string of the molecule is O=C(c1ccoc1)N1CCC/C(=N/O)c2ccccc21. The maximum Gasteiger partial charge on any atom is 0.261 e. The minimum absolute atomic E-state index is 0.106. The molecule has 5 nitrogen and oxygen atoms in total. The predicted molar refractivity (Wildman–Crippen MR) is 74.4 cm³/mol. The van der Waals surface area contributed by atoms with Gasteiger partial charge in [-0.05, 0) is 25.0 Å². The molecule has 0 fully saturated rings. The minimum Gasteiger partial charge on any atom is -0.472 e. The van der Waals surface area contributed by atoms with Crippen LogP contribution in [0.25, 0.3) is 0 Å². The first-order chi connectivity index (χ1) is 9.81. The summed E-state index contributed by atoms with van der Waals surface area (Å²) in [4.78, 5) is 14.2. The van der Waals surface area contributed by atoms with E-state index in [1.54, 1.807) is 11.0 Å². The Bertz CT molecular complexity index is 647. The molecule has 1 aromatic carbocycles. The number of carbonyl (C=O) groups is 1. The molecule has 1 aromatic heterocycles. The molecule has 1 aliphatic rings. The van der Waals surface area contributed by atoms with E-state index < -0.39 is 0 Å². The highest BCUT2D eigenvalue weighted by molar-refractivity contribution is 6.12. The number of anilines is 1. The van der Waals surface area contributed by atoms with Crippen molar-refractivity contribution >= 4 is 17.3 Å². The number of para-hydroxylation sites is 1. The summed E-state index contributed by atoms with van der Waals surface area (Å²) in [5.41, 5.74) is 2.70. The van der Waals surface area contributed by atoms with Crippen molar-refractivity contribution in [1.29, 1.82) is 0 Å². The third-order valence-electron chi connectivity index (χ3n) is 3.44. The second-order valence-corrected chi connectivity index (χ2v) is 4.64. The van der Waals surface area contributed by atoms with Crippen LogP contribution < -0.4 is 4.90 Å². The quantitative estimate of drug-likeness (QED) is 0.640. The Balaban J connectivity index is 2.06. The molecule has 0 spiro atoms. The number of fused-ring (bicyclic) bond motifs is 1. The summed E-state index contributed by atoms with van der Waals surface area (Å²) in [5, 5.41) is 12.5. The number of furan rings is 1. The van der Waals surface area contributed by atoms with Crippen LogP contribution in [0.3, 0.4) is 0 Å². The monoisotopic (exact) mass is 270 g/mol. The largest absolute Gasteiger partial charge is 0.472 e. The summed E-state index contributed by atoms with van der Waals surface area (Å²) in [5.74, 6) is -0.106. The highest BCUT2D eigenvalue weighted by atomic mass is 16.4. The first-order valence-electron chi connectivity index (χ1n) is 6.45. The lowest BCUT2D eigenvalue weighted by atomic mass is 10.1. The molecule has 0 atom stereocenters. The number of nitrogens with zero attached hydrogens (tertiary/aromatic N) is 2. The van der Waals surface area contributed by atoms with E-state index in [0.717, 1.165) is 17.7 Å². The molecule has 2 aromatic rings. The van der Waals surface area contributed by atoms with Crippen molar-refractivity contribution < 1.29 is 14.4 Å². The molecule has 0 saturated carbocycles. The van der Waals surface area contributed by atoms with Gasteiger partial charge in [0.2, 0.25) is 0 Å². The lowest BCUT2D eigenvalue weighted by molar-refractivity contribution is 0.0986. The van der Waals surface area contributed by atoms with Crippen LogP contribution in [-0.4, -0.2) is 23.4 Å². The zero-order valence-electron chi connectivity index (χ0n) is 10.8. The molecular formula is C15H14N2O3. The number of hydrogen-bond donors (Lipinski definition) is 1. The Morgan fingerprint density at radius 2 is 2.15 bits per heavy atom. The molecule has 0 aliphatic carbocycles. The van der Waals surface area contributed by atoms with E-state index in [4.69, 9.17) is 9.62 Å². The van der Waals surface area contributed by atoms with Gasteiger partial charge in [0.25, 0.3) is 5.91 Å². The highest BCUT2D eigenvalue weighted by Gasteiger charge is 2.25. The number of hydrogen-bond acceptors (Lipinski definition) is 4. The molecule has 0 radical (unpaired) electrons. The van der Waals surface area contributed by atoms with Crippen LogP contribution in [0, 0.1) is 0 Å². The fraction of sp³-hybridized carbons (Fsp3) is 0.200. The normalized spacial score (nSPS) is 16.8. The average molecular weight is 270 g/mol. The van der Waals surface area contributed by atoms with Crippen molar-refractivity contribution in [2.45, 2.75) is 12.8 Å². The molecule has 0 saturated heterocycles. The van der Waals surface area contributed by atoms with Crippen LogP contribution in [0.2, 0.25) is 0 Å². The van der Waals surface area contributed by atoms with Gasteiger partial charge in [-0.15, -0.1) is 0 Å². The average Bonchev–Trinajstić information content (AvgIpc) is 2.95. The van der Waals surface area contributed by atoms with E-state index in [9.17, 15) is 4.79 Å². The zero-order chi connectivity index (χ0) is 13.9. The van der Waals surface area contributed by atoms with Gasteiger partial charge >= 0.3 is 0 Å². The third kappa shape index (κ3) is 2.07. The van der Waals surface area contributed by atoms with Crippen molar-refractivity contribution in [3.8, 4) is 0 Å². The molecule has 1 aliphatic heterocycles. The topological polar surface area (TPSA) is 66.0 Å². The lowest BCUT2D eigenvalue weighted by Gasteiger charge is -2.21. The van der Waals surface area contributed by atoms with Crippen LogP contribution in [0.5, 0.6) is 0 Å². The first-order valence-corrected chi connectivity index (χ1v) is 6.45. The smallest absolute Gasteiger partial charge is 0.261 e. The molecule has 3 rings (SSSR count). The summed E-state index contributed by atoms with van der Waals surface area (Å²) in [6.07, 6.45) is 4.31. The third-order valence-corrected chi connectivity index (χ3v) is 3.44. The Morgan fingerprint density at radius 3 is 2.90 bits per heavy atom. The number of carbonyl (C=O) groups excluding carboxylic acids is 1. The fourth-order valence-corrected chi connectivity index (χ4v) is 2.47. The van der Waals surface area contributed by atoms with Gasteiger partial charge in [-0.2, -0.15) is 0 Å². The van der Waals surface area contributed by atoms with Crippen molar-refractivity contribution in [3.63, 3.8) is 0 Å². The Kier molecular flexibility index (Phi) is 3.25. The van der Waals surface area contributed by atoms with Gasteiger partial charge in [-0.25, -0.2) is 0 Å². The van der Waals surface area contributed by atoms with E-state index in [-0.39, 0.29) is 5.91 Å². The standard InChI is InChI=1S/C15H14N2O3/c18-15(11-7-9-20-10-11)17-8-3-5-13(16-19)12-4-1-2-6-14(12)17/h1-2,4,6-7,9-10,19H,3,5,8H2/b16-13-. The van der Waals surface area contributed by atoms with E-state index in [1.165, 1.54) is 12.5 Å². The second kappa shape index (κ2) is 5.21. The zero-order valence-corrected chi connectivity index (χ0v) is 10.8. The fourth-order valence-electron chi connectivity index (χ4n) is 2.47. The van der Waals surface area contributed by atoms with Crippen LogP contribution in [0.15, 0.2) is 52.4 Å². The molecule has 1 amide bonds. The summed E-state index contributed by atoms with van der Waals surface area (Å²) in [6, 6.07) is 9.12. The Labute approximate surface area is 116 Å². The van der Waals surface area contributed by atoms with Gasteiger partial charge in [0.15, 0.2) is 0 Å². The number of rotatable bonds is 1. The van der Waals surface area contributed by atoms with Crippen molar-refractivity contribution in [1.82, 2.24) is 0 Å². The summed E-state index contributed by atoms with van der Waals surface area (Å²) in [7, 11) is 0. The van der Waals surface area contributed by atoms with Crippen LogP contribution in [-0.2, 0) is 0 Å². The molecule has 2 heterocycles. The Hall–Kier alpha value is -2.56.